The fourth-order valence-corrected chi connectivity index (χ4v) is 2.24. The highest BCUT2D eigenvalue weighted by molar-refractivity contribution is 9.10. The average Bonchev–Trinajstić information content (AvgIpc) is 2.60. The molecule has 6 heteroatoms. The normalized spacial score (nSPS) is 20.2. The van der Waals surface area contributed by atoms with Crippen molar-refractivity contribution in [3.05, 3.63) is 28.6 Å². The molecule has 1 amide bonds. The van der Waals surface area contributed by atoms with Gasteiger partial charge in [-0.15, -0.1) is 6.58 Å². The van der Waals surface area contributed by atoms with Gasteiger partial charge in [-0.05, 0) is 15.9 Å². The van der Waals surface area contributed by atoms with Crippen molar-refractivity contribution in [3.8, 4) is 0 Å². The predicted molar refractivity (Wildman–Crippen MR) is 65.4 cm³/mol. The summed E-state index contributed by atoms with van der Waals surface area (Å²) in [6.45, 7) is 4.25. The summed E-state index contributed by atoms with van der Waals surface area (Å²) in [5, 5.41) is 0.229. The van der Waals surface area contributed by atoms with Crippen molar-refractivity contribution >= 4 is 39.3 Å². The van der Waals surface area contributed by atoms with Crippen molar-refractivity contribution in [2.75, 3.05) is 11.4 Å². The van der Waals surface area contributed by atoms with E-state index in [1.165, 1.54) is 6.20 Å². The van der Waals surface area contributed by atoms with E-state index >= 15 is 0 Å². The van der Waals surface area contributed by atoms with E-state index in [9.17, 15) is 4.79 Å². The molecule has 1 atom stereocenters. The van der Waals surface area contributed by atoms with Crippen molar-refractivity contribution in [1.82, 2.24) is 9.97 Å². The number of anilines is 1. The van der Waals surface area contributed by atoms with Gasteiger partial charge in [-0.1, -0.05) is 17.7 Å². The first kappa shape index (κ1) is 11.5. The van der Waals surface area contributed by atoms with Crippen LogP contribution in [0.2, 0.25) is 5.15 Å². The molecule has 0 aliphatic carbocycles. The zero-order valence-electron chi connectivity index (χ0n) is 8.36. The number of carbonyl (C=O) groups excluding carboxylic acids is 1. The van der Waals surface area contributed by atoms with Gasteiger partial charge in [0.15, 0.2) is 11.0 Å². The number of carbonyl (C=O) groups is 1. The van der Waals surface area contributed by atoms with Crippen LogP contribution in [0.3, 0.4) is 0 Å². The van der Waals surface area contributed by atoms with Gasteiger partial charge in [-0.25, -0.2) is 9.97 Å². The Morgan fingerprint density at radius 2 is 2.44 bits per heavy atom. The number of hydrogen-bond donors (Lipinski definition) is 0. The van der Waals surface area contributed by atoms with Crippen LogP contribution in [0.25, 0.3) is 0 Å². The van der Waals surface area contributed by atoms with Crippen molar-refractivity contribution in [2.45, 2.75) is 6.42 Å². The third kappa shape index (κ3) is 2.10. The Hall–Kier alpha value is -0.940. The van der Waals surface area contributed by atoms with Crippen molar-refractivity contribution in [1.29, 1.82) is 0 Å². The molecule has 0 aromatic carbocycles. The molecular weight excluding hydrogens is 293 g/mol. The van der Waals surface area contributed by atoms with Crippen molar-refractivity contribution < 1.29 is 4.79 Å². The number of halogens is 2. The summed E-state index contributed by atoms with van der Waals surface area (Å²) >= 11 is 9.11. The molecule has 2 rings (SSSR count). The lowest BCUT2D eigenvalue weighted by molar-refractivity contribution is -0.117. The second-order valence-corrected chi connectivity index (χ2v) is 4.68. The fraction of sp³-hybridized carbons (Fsp3) is 0.300. The molecule has 1 unspecified atom stereocenters. The summed E-state index contributed by atoms with van der Waals surface area (Å²) in [5.41, 5.74) is 0. The van der Waals surface area contributed by atoms with Crippen LogP contribution in [-0.4, -0.2) is 22.4 Å². The summed E-state index contributed by atoms with van der Waals surface area (Å²) in [5.74, 6) is 0.580. The van der Waals surface area contributed by atoms with Crippen LogP contribution >= 0.6 is 27.5 Å². The molecule has 1 fully saturated rings. The largest absolute Gasteiger partial charge is 0.294 e. The maximum atomic E-state index is 11.7. The van der Waals surface area contributed by atoms with E-state index in [4.69, 9.17) is 11.6 Å². The van der Waals surface area contributed by atoms with Gasteiger partial charge in [0.1, 0.15) is 4.60 Å². The molecule has 4 nitrogen and oxygen atoms in total. The third-order valence-corrected chi connectivity index (χ3v) is 3.06. The van der Waals surface area contributed by atoms with Crippen LogP contribution < -0.4 is 4.90 Å². The van der Waals surface area contributed by atoms with E-state index in [0.29, 0.717) is 23.4 Å². The van der Waals surface area contributed by atoms with Crippen molar-refractivity contribution in [3.63, 3.8) is 0 Å². The average molecular weight is 303 g/mol. The highest BCUT2D eigenvalue weighted by Crippen LogP contribution is 2.29. The molecule has 84 valence electrons. The first-order chi connectivity index (χ1) is 7.61. The van der Waals surface area contributed by atoms with Crippen LogP contribution in [-0.2, 0) is 4.79 Å². The SMILES string of the molecule is C=CC1CC(=O)N(c2ncc(Br)nc2Cl)C1. The van der Waals surface area contributed by atoms with Crippen molar-refractivity contribution in [2.24, 2.45) is 5.92 Å². The maximum Gasteiger partial charge on any atom is 0.228 e. The van der Waals surface area contributed by atoms with Gasteiger partial charge in [0, 0.05) is 18.9 Å². The summed E-state index contributed by atoms with van der Waals surface area (Å²) in [4.78, 5) is 21.4. The van der Waals surface area contributed by atoms with Crippen LogP contribution in [0.4, 0.5) is 5.82 Å². The van der Waals surface area contributed by atoms with E-state index in [0.717, 1.165) is 0 Å². The molecule has 1 saturated heterocycles. The molecule has 2 heterocycles. The van der Waals surface area contributed by atoms with E-state index in [1.54, 1.807) is 11.0 Å². The number of amides is 1. The summed E-state index contributed by atoms with van der Waals surface area (Å²) in [7, 11) is 0. The zero-order valence-corrected chi connectivity index (χ0v) is 10.7. The first-order valence-electron chi connectivity index (χ1n) is 4.72. The van der Waals surface area contributed by atoms with Gasteiger partial charge in [0.25, 0.3) is 0 Å². The van der Waals surface area contributed by atoms with E-state index in [1.807, 2.05) is 0 Å². The predicted octanol–water partition coefficient (Wildman–Crippen LogP) is 2.43. The highest BCUT2D eigenvalue weighted by Gasteiger charge is 2.31. The van der Waals surface area contributed by atoms with Gasteiger partial charge in [-0.2, -0.15) is 0 Å². The second-order valence-electron chi connectivity index (χ2n) is 3.51. The summed E-state index contributed by atoms with van der Waals surface area (Å²) in [6.07, 6.45) is 3.76. The topological polar surface area (TPSA) is 46.1 Å². The molecule has 0 saturated carbocycles. The maximum absolute atomic E-state index is 11.7. The van der Waals surface area contributed by atoms with E-state index in [2.05, 4.69) is 32.5 Å². The van der Waals surface area contributed by atoms with Gasteiger partial charge in [-0.3, -0.25) is 9.69 Å². The molecule has 16 heavy (non-hydrogen) atoms. The molecule has 0 spiro atoms. The Morgan fingerprint density at radius 3 is 3.00 bits per heavy atom. The quantitative estimate of drug-likeness (QED) is 0.788. The summed E-state index contributed by atoms with van der Waals surface area (Å²) < 4.78 is 0.549. The standard InChI is InChI=1S/C10H9BrClN3O/c1-2-6-3-8(16)15(5-6)10-9(12)14-7(11)4-13-10/h2,4,6H,1,3,5H2. The molecule has 0 N–H and O–H groups in total. The van der Waals surface area contributed by atoms with Gasteiger partial charge >= 0.3 is 0 Å². The van der Waals surface area contributed by atoms with E-state index in [-0.39, 0.29) is 17.0 Å². The van der Waals surface area contributed by atoms with Crippen LogP contribution in [0.5, 0.6) is 0 Å². The fourth-order valence-electron chi connectivity index (χ4n) is 1.62. The minimum absolute atomic E-state index is 0.00317. The molecule has 1 aliphatic heterocycles. The monoisotopic (exact) mass is 301 g/mol. The molecule has 0 radical (unpaired) electrons. The minimum Gasteiger partial charge on any atom is -0.294 e. The number of rotatable bonds is 2. The highest BCUT2D eigenvalue weighted by atomic mass is 79.9. The zero-order chi connectivity index (χ0) is 11.7. The number of hydrogen-bond acceptors (Lipinski definition) is 3. The first-order valence-corrected chi connectivity index (χ1v) is 5.90. The Balaban J connectivity index is 2.31. The Kier molecular flexibility index (Phi) is 3.25. The van der Waals surface area contributed by atoms with Crippen LogP contribution in [0.15, 0.2) is 23.5 Å². The Labute approximate surface area is 106 Å². The van der Waals surface area contributed by atoms with Gasteiger partial charge in [0.2, 0.25) is 5.91 Å². The van der Waals surface area contributed by atoms with Gasteiger partial charge < -0.3 is 0 Å². The second kappa shape index (κ2) is 4.51. The smallest absolute Gasteiger partial charge is 0.228 e. The molecule has 1 aromatic heterocycles. The lowest BCUT2D eigenvalue weighted by atomic mass is 10.1. The number of nitrogens with zero attached hydrogens (tertiary/aromatic N) is 3. The van der Waals surface area contributed by atoms with Crippen LogP contribution in [0, 0.1) is 5.92 Å². The Morgan fingerprint density at radius 1 is 1.69 bits per heavy atom. The molecule has 0 bridgehead atoms. The number of aromatic nitrogens is 2. The van der Waals surface area contributed by atoms with E-state index < -0.39 is 0 Å². The lowest BCUT2D eigenvalue weighted by Crippen LogP contribution is -2.26. The van der Waals surface area contributed by atoms with Gasteiger partial charge in [0.05, 0.1) is 6.20 Å². The molecule has 1 aliphatic rings. The lowest BCUT2D eigenvalue weighted by Gasteiger charge is -2.15. The third-order valence-electron chi connectivity index (χ3n) is 2.43. The summed E-state index contributed by atoms with van der Waals surface area (Å²) in [6, 6.07) is 0. The van der Waals surface area contributed by atoms with Crippen LogP contribution in [0.1, 0.15) is 6.42 Å². The molecular formula is C10H9BrClN3O. The Bertz CT molecular complexity index is 452. The minimum atomic E-state index is 0.00317. The molecule has 1 aromatic rings.